The van der Waals surface area contributed by atoms with Crippen molar-refractivity contribution in [1.29, 1.82) is 0 Å². The van der Waals surface area contributed by atoms with Crippen LogP contribution in [0.15, 0.2) is 36.4 Å². The topological polar surface area (TPSA) is 0 Å². The first-order valence-electron chi connectivity index (χ1n) is 7.83. The molecule has 0 aromatic heterocycles. The first-order chi connectivity index (χ1) is 10.00. The third kappa shape index (κ3) is 10.8. The van der Waals surface area contributed by atoms with E-state index in [0.717, 1.165) is 0 Å². The van der Waals surface area contributed by atoms with Gasteiger partial charge in [0.15, 0.2) is 0 Å². The number of aryl methyl sites for hydroxylation is 2. The van der Waals surface area contributed by atoms with Crippen molar-refractivity contribution in [1.82, 2.24) is 0 Å². The molecule has 0 saturated heterocycles. The Hall–Kier alpha value is 0.0331. The molecule has 0 amide bonds. The Morgan fingerprint density at radius 3 is 1.04 bits per heavy atom. The molecule has 0 aliphatic heterocycles. The Labute approximate surface area is 177 Å². The predicted molar refractivity (Wildman–Crippen MR) is 98.1 cm³/mol. The number of halogens is 2. The van der Waals surface area contributed by atoms with Crippen LogP contribution in [0.5, 0.6) is 0 Å². The molecule has 0 atom stereocenters. The molecule has 0 aliphatic carbocycles. The number of rotatable bonds is 0. The van der Waals surface area contributed by atoms with Gasteiger partial charge in [-0.2, -0.15) is 46.5 Å². The fraction of sp³-hybridized carbons (Fsp3) is 0.476. The summed E-state index contributed by atoms with van der Waals surface area (Å²) >= 11 is 1.30. The van der Waals surface area contributed by atoms with Crippen molar-refractivity contribution in [2.45, 2.75) is 66.2 Å². The number of hydrogen-bond acceptors (Lipinski definition) is 0. The van der Waals surface area contributed by atoms with Crippen molar-refractivity contribution in [2.24, 2.45) is 0 Å². The van der Waals surface area contributed by atoms with Crippen LogP contribution in [-0.2, 0) is 35.1 Å². The van der Waals surface area contributed by atoms with Crippen LogP contribution >= 0.6 is 0 Å². The monoisotopic (exact) mass is 444 g/mol. The second-order valence-corrected chi connectivity index (χ2v) is 7.85. The fourth-order valence-corrected chi connectivity index (χ4v) is 2.06. The summed E-state index contributed by atoms with van der Waals surface area (Å²) in [4.78, 5) is 0. The summed E-state index contributed by atoms with van der Waals surface area (Å²) in [6.45, 7) is 17.7. The van der Waals surface area contributed by atoms with Crippen molar-refractivity contribution in [2.75, 3.05) is 0 Å². The van der Waals surface area contributed by atoms with Crippen LogP contribution in [0.3, 0.4) is 0 Å². The Balaban J connectivity index is -0.000000310. The van der Waals surface area contributed by atoms with Crippen molar-refractivity contribution in [3.63, 3.8) is 0 Å². The Bertz CT molecular complexity index is 501. The van der Waals surface area contributed by atoms with E-state index in [1.165, 1.54) is 46.5 Å². The maximum Gasteiger partial charge on any atom is -1.00 e. The van der Waals surface area contributed by atoms with Gasteiger partial charge in [0.05, 0.1) is 0 Å². The summed E-state index contributed by atoms with van der Waals surface area (Å²) in [5, 5.41) is 0. The summed E-state index contributed by atoms with van der Waals surface area (Å²) < 4.78 is 3.34. The maximum atomic E-state index is 3.34. The quantitative estimate of drug-likeness (QED) is 0.500. The molecule has 0 saturated carbocycles. The molecule has 2 aromatic rings. The van der Waals surface area contributed by atoms with E-state index in [-0.39, 0.29) is 24.8 Å². The number of hydrogen-bond donors (Lipinski definition) is 0. The minimum Gasteiger partial charge on any atom is -1.00 e. The third-order valence-corrected chi connectivity index (χ3v) is 3.55. The Kier molecular flexibility index (Phi) is 14.9. The van der Waals surface area contributed by atoms with Gasteiger partial charge >= 0.3 is 28.4 Å². The zero-order valence-corrected chi connectivity index (χ0v) is 20.4. The maximum absolute atomic E-state index is 3.34. The summed E-state index contributed by atoms with van der Waals surface area (Å²) in [5.41, 5.74) is 6.23. The van der Waals surface area contributed by atoms with E-state index < -0.39 is 0 Å². The average Bonchev–Trinajstić information content (AvgIpc) is 3.00. The van der Waals surface area contributed by atoms with Crippen molar-refractivity contribution < 1.29 is 49.0 Å². The van der Waals surface area contributed by atoms with Gasteiger partial charge in [0, 0.05) is 0 Å². The molecule has 0 heterocycles. The van der Waals surface area contributed by atoms with Crippen LogP contribution < -0.4 is 24.8 Å². The molecule has 0 fully saturated rings. The summed E-state index contributed by atoms with van der Waals surface area (Å²) in [5.74, 6) is 0. The summed E-state index contributed by atoms with van der Waals surface area (Å²) in [6, 6.07) is 13.2. The van der Waals surface area contributed by atoms with E-state index in [1.807, 2.05) is 0 Å². The first kappa shape index (κ1) is 28.8. The molecule has 2 rings (SSSR count). The third-order valence-electron chi connectivity index (χ3n) is 3.55. The largest absolute Gasteiger partial charge is 1.00 e. The van der Waals surface area contributed by atoms with E-state index in [9.17, 15) is 0 Å². The molecular weight excluding hydrogens is 414 g/mol. The molecule has 0 nitrogen and oxygen atoms in total. The molecule has 136 valence electrons. The van der Waals surface area contributed by atoms with Gasteiger partial charge in [0.2, 0.25) is 0 Å². The Morgan fingerprint density at radius 1 is 0.708 bits per heavy atom. The molecule has 0 unspecified atom stereocenters. The van der Waals surface area contributed by atoms with E-state index in [1.54, 1.807) is 0 Å². The van der Waals surface area contributed by atoms with Gasteiger partial charge in [0.25, 0.3) is 0 Å². The minimum absolute atomic E-state index is 0. The van der Waals surface area contributed by atoms with Crippen molar-refractivity contribution in [3.05, 3.63) is 58.7 Å². The van der Waals surface area contributed by atoms with E-state index in [4.69, 9.17) is 0 Å². The van der Waals surface area contributed by atoms with Gasteiger partial charge < -0.3 is 24.8 Å². The second kappa shape index (κ2) is 12.4. The smallest absolute Gasteiger partial charge is 1.00 e. The molecule has 0 spiro atoms. The molecule has 0 bridgehead atoms. The van der Waals surface area contributed by atoms with Crippen LogP contribution in [-0.4, -0.2) is 4.21 Å². The van der Waals surface area contributed by atoms with Crippen LogP contribution in [0.25, 0.3) is 0 Å². The predicted octanol–water partition coefficient (Wildman–Crippen LogP) is -0.00396. The second-order valence-electron chi connectivity index (χ2n) is 7.85. The first-order valence-corrected chi connectivity index (χ1v) is 9.57. The SMILES string of the molecule is Cc1cc(C(C)(C)C)c[cH-]1.Cc1cc(C(C)(C)C)c[cH-]1.[CH2]=[Zr+2].[Cl-].[Cl-]. The minimum atomic E-state index is 0. The standard InChI is InChI=1S/2C10H15.CH2.2ClH.Zr/c2*1-8-5-6-9(7-8)10(2,3)4;;;;/h2*5-7H,1-4H3;1H2;2*1H;/q2*-1;;;;+2/p-2. The van der Waals surface area contributed by atoms with E-state index in [0.29, 0.717) is 10.8 Å². The zero-order chi connectivity index (χ0) is 17.6. The van der Waals surface area contributed by atoms with E-state index in [2.05, 4.69) is 96.0 Å². The molecule has 2 aromatic carbocycles. The molecule has 3 heteroatoms. The molecule has 0 radical (unpaired) electrons. The Morgan fingerprint density at radius 2 is 0.958 bits per heavy atom. The van der Waals surface area contributed by atoms with Gasteiger partial charge in [-0.3, -0.25) is 0 Å². The van der Waals surface area contributed by atoms with Gasteiger partial charge in [-0.25, -0.2) is 12.1 Å². The van der Waals surface area contributed by atoms with Gasteiger partial charge in [0.1, 0.15) is 0 Å². The summed E-state index contributed by atoms with van der Waals surface area (Å²) in [6.07, 6.45) is 0. The molecular formula is C21H32Cl2Zr-2. The van der Waals surface area contributed by atoms with Gasteiger partial charge in [-0.15, -0.1) is 0 Å². The van der Waals surface area contributed by atoms with Crippen LogP contribution in [0.1, 0.15) is 63.8 Å². The molecule has 24 heavy (non-hydrogen) atoms. The van der Waals surface area contributed by atoms with E-state index >= 15 is 0 Å². The van der Waals surface area contributed by atoms with Crippen molar-refractivity contribution in [3.8, 4) is 0 Å². The van der Waals surface area contributed by atoms with Gasteiger partial charge in [-0.1, -0.05) is 66.2 Å². The normalized spacial score (nSPS) is 10.2. The van der Waals surface area contributed by atoms with Gasteiger partial charge in [-0.05, 0) is 0 Å². The zero-order valence-electron chi connectivity index (χ0n) is 16.4. The van der Waals surface area contributed by atoms with Crippen molar-refractivity contribution >= 4 is 4.21 Å². The molecule has 0 N–H and O–H groups in total. The van der Waals surface area contributed by atoms with Crippen LogP contribution in [0.4, 0.5) is 0 Å². The summed E-state index contributed by atoms with van der Waals surface area (Å²) in [7, 11) is 0. The van der Waals surface area contributed by atoms with Crippen LogP contribution in [0.2, 0.25) is 0 Å². The fourth-order valence-electron chi connectivity index (χ4n) is 2.06. The average molecular weight is 447 g/mol. The molecule has 0 aliphatic rings. The van der Waals surface area contributed by atoms with Crippen LogP contribution in [0, 0.1) is 13.8 Å².